The van der Waals surface area contributed by atoms with E-state index in [1.807, 2.05) is 20.8 Å². The van der Waals surface area contributed by atoms with Crippen molar-refractivity contribution < 1.29 is 14.7 Å². The monoisotopic (exact) mass is 279 g/mol. The molecule has 1 atom stereocenters. The van der Waals surface area contributed by atoms with Crippen molar-refractivity contribution in [3.05, 3.63) is 29.6 Å². The zero-order chi connectivity index (χ0) is 15.1. The first-order valence-electron chi connectivity index (χ1n) is 6.72. The molecule has 2 N–H and O–H groups in total. The summed E-state index contributed by atoms with van der Waals surface area (Å²) in [6.45, 7) is 6.79. The van der Waals surface area contributed by atoms with Crippen LogP contribution in [0.1, 0.15) is 43.2 Å². The van der Waals surface area contributed by atoms with E-state index < -0.39 is 5.97 Å². The van der Waals surface area contributed by atoms with Gasteiger partial charge in [0.25, 0.3) is 0 Å². The predicted molar refractivity (Wildman–Crippen MR) is 75.6 cm³/mol. The van der Waals surface area contributed by atoms with Crippen molar-refractivity contribution in [2.24, 2.45) is 0 Å². The van der Waals surface area contributed by atoms with Gasteiger partial charge in [0.05, 0.1) is 17.8 Å². The van der Waals surface area contributed by atoms with Gasteiger partial charge in [-0.3, -0.25) is 4.98 Å². The number of nitrogens with one attached hydrogen (secondary N) is 1. The summed E-state index contributed by atoms with van der Waals surface area (Å²) in [5.41, 5.74) is 0.692. The van der Waals surface area contributed by atoms with Gasteiger partial charge >= 0.3 is 12.0 Å². The number of rotatable bonds is 6. The largest absolute Gasteiger partial charge is 0.478 e. The molecule has 0 aromatic carbocycles. The number of hydrogen-bond donors (Lipinski definition) is 2. The van der Waals surface area contributed by atoms with Crippen molar-refractivity contribution in [2.75, 3.05) is 6.54 Å². The van der Waals surface area contributed by atoms with E-state index in [-0.39, 0.29) is 24.2 Å². The Kier molecular flexibility index (Phi) is 5.96. The molecule has 1 rings (SSSR count). The van der Waals surface area contributed by atoms with E-state index in [2.05, 4.69) is 10.3 Å². The van der Waals surface area contributed by atoms with E-state index in [4.69, 9.17) is 5.11 Å². The van der Waals surface area contributed by atoms with E-state index in [0.29, 0.717) is 12.2 Å². The van der Waals surface area contributed by atoms with Crippen LogP contribution in [0.15, 0.2) is 18.3 Å². The van der Waals surface area contributed by atoms with Crippen LogP contribution in [0.25, 0.3) is 0 Å². The summed E-state index contributed by atoms with van der Waals surface area (Å²) in [5, 5.41) is 11.7. The third-order valence-corrected chi connectivity index (χ3v) is 3.21. The lowest BCUT2D eigenvalue weighted by Gasteiger charge is -2.27. The van der Waals surface area contributed by atoms with E-state index in [1.54, 1.807) is 4.90 Å². The van der Waals surface area contributed by atoms with E-state index in [9.17, 15) is 9.59 Å². The summed E-state index contributed by atoms with van der Waals surface area (Å²) in [4.78, 5) is 28.7. The van der Waals surface area contributed by atoms with Gasteiger partial charge < -0.3 is 15.3 Å². The Morgan fingerprint density at radius 1 is 1.45 bits per heavy atom. The van der Waals surface area contributed by atoms with Crippen LogP contribution in [0.2, 0.25) is 0 Å². The molecule has 0 spiro atoms. The van der Waals surface area contributed by atoms with Gasteiger partial charge in [-0.25, -0.2) is 9.59 Å². The molecule has 0 aliphatic heterocycles. The molecular weight excluding hydrogens is 258 g/mol. The third-order valence-electron chi connectivity index (χ3n) is 3.21. The molecular formula is C14H21N3O3. The van der Waals surface area contributed by atoms with Gasteiger partial charge in [0.2, 0.25) is 0 Å². The van der Waals surface area contributed by atoms with Crippen molar-refractivity contribution in [1.29, 1.82) is 0 Å². The Balaban J connectivity index is 2.64. The highest BCUT2D eigenvalue weighted by Crippen LogP contribution is 2.05. The Morgan fingerprint density at radius 2 is 2.15 bits per heavy atom. The van der Waals surface area contributed by atoms with Gasteiger partial charge in [0.1, 0.15) is 0 Å². The van der Waals surface area contributed by atoms with Gasteiger partial charge in [-0.15, -0.1) is 0 Å². The highest BCUT2D eigenvalue weighted by atomic mass is 16.4. The number of carboxylic acid groups (broad SMARTS) is 1. The predicted octanol–water partition coefficient (Wildman–Crippen LogP) is 2.11. The van der Waals surface area contributed by atoms with Gasteiger partial charge in [0.15, 0.2) is 0 Å². The average Bonchev–Trinajstić information content (AvgIpc) is 2.45. The summed E-state index contributed by atoms with van der Waals surface area (Å²) < 4.78 is 0. The molecule has 0 saturated heterocycles. The summed E-state index contributed by atoms with van der Waals surface area (Å²) >= 11 is 0. The minimum absolute atomic E-state index is 0.163. The van der Waals surface area contributed by atoms with Gasteiger partial charge in [0, 0.05) is 18.8 Å². The van der Waals surface area contributed by atoms with Crippen molar-refractivity contribution in [3.8, 4) is 0 Å². The number of aromatic nitrogens is 1. The fourth-order valence-electron chi connectivity index (χ4n) is 1.85. The molecule has 0 bridgehead atoms. The van der Waals surface area contributed by atoms with Gasteiger partial charge in [-0.1, -0.05) is 6.92 Å². The maximum Gasteiger partial charge on any atom is 0.335 e. The standard InChI is InChI=1S/C14H21N3O3/c1-4-10(3)17(5-2)14(20)16-9-12-8-11(13(18)19)6-7-15-12/h6-8,10H,4-5,9H2,1-3H3,(H,16,20)(H,18,19). The Labute approximate surface area is 118 Å². The van der Waals surface area contributed by atoms with Crippen LogP contribution in [-0.4, -0.2) is 39.6 Å². The first-order chi connectivity index (χ1) is 9.49. The number of aromatic carboxylic acids is 1. The lowest BCUT2D eigenvalue weighted by molar-refractivity contribution is 0.0696. The molecule has 0 aliphatic rings. The highest BCUT2D eigenvalue weighted by molar-refractivity contribution is 5.87. The molecule has 6 heteroatoms. The number of nitrogens with zero attached hydrogens (tertiary/aromatic N) is 2. The molecule has 20 heavy (non-hydrogen) atoms. The first kappa shape index (κ1) is 15.9. The van der Waals surface area contributed by atoms with Crippen molar-refractivity contribution in [3.63, 3.8) is 0 Å². The van der Waals surface area contributed by atoms with Crippen LogP contribution < -0.4 is 5.32 Å². The second-order valence-electron chi connectivity index (χ2n) is 4.54. The van der Waals surface area contributed by atoms with E-state index in [0.717, 1.165) is 6.42 Å². The van der Waals surface area contributed by atoms with Gasteiger partial charge in [-0.05, 0) is 32.4 Å². The molecule has 0 fully saturated rings. The fourth-order valence-corrected chi connectivity index (χ4v) is 1.85. The number of carbonyl (C=O) groups excluding carboxylic acids is 1. The second kappa shape index (κ2) is 7.47. The first-order valence-corrected chi connectivity index (χ1v) is 6.72. The number of urea groups is 1. The van der Waals surface area contributed by atoms with Crippen LogP contribution in [-0.2, 0) is 6.54 Å². The summed E-state index contributed by atoms with van der Waals surface area (Å²) in [6.07, 6.45) is 2.31. The Hall–Kier alpha value is -2.11. The minimum Gasteiger partial charge on any atom is -0.478 e. The fraction of sp³-hybridized carbons (Fsp3) is 0.500. The SMILES string of the molecule is CCC(C)N(CC)C(=O)NCc1cc(C(=O)O)ccn1. The normalized spacial score (nSPS) is 11.8. The van der Waals surface area contributed by atoms with E-state index >= 15 is 0 Å². The smallest absolute Gasteiger partial charge is 0.335 e. The number of carbonyl (C=O) groups is 2. The van der Waals surface area contributed by atoms with Crippen LogP contribution in [0.5, 0.6) is 0 Å². The van der Waals surface area contributed by atoms with Crippen LogP contribution in [0.4, 0.5) is 4.79 Å². The summed E-state index contributed by atoms with van der Waals surface area (Å²) in [6, 6.07) is 2.88. The molecule has 1 heterocycles. The quantitative estimate of drug-likeness (QED) is 0.835. The number of carboxylic acids is 1. The zero-order valence-electron chi connectivity index (χ0n) is 12.1. The topological polar surface area (TPSA) is 82.5 Å². The molecule has 6 nitrogen and oxygen atoms in total. The minimum atomic E-state index is -1.00. The number of amides is 2. The molecule has 0 radical (unpaired) electrons. The Morgan fingerprint density at radius 3 is 2.70 bits per heavy atom. The van der Waals surface area contributed by atoms with Crippen molar-refractivity contribution in [2.45, 2.75) is 39.8 Å². The summed E-state index contributed by atoms with van der Waals surface area (Å²) in [7, 11) is 0. The second-order valence-corrected chi connectivity index (χ2v) is 4.54. The molecule has 0 aliphatic carbocycles. The summed E-state index contributed by atoms with van der Waals surface area (Å²) in [5.74, 6) is -1.00. The molecule has 1 aromatic heterocycles. The molecule has 2 amide bonds. The molecule has 1 unspecified atom stereocenters. The number of pyridine rings is 1. The zero-order valence-corrected chi connectivity index (χ0v) is 12.1. The molecule has 1 aromatic rings. The Bertz CT molecular complexity index is 476. The average molecular weight is 279 g/mol. The van der Waals surface area contributed by atoms with Crippen LogP contribution in [0, 0.1) is 0 Å². The van der Waals surface area contributed by atoms with Crippen LogP contribution >= 0.6 is 0 Å². The lowest BCUT2D eigenvalue weighted by Crippen LogP contribution is -2.44. The van der Waals surface area contributed by atoms with E-state index in [1.165, 1.54) is 18.3 Å². The lowest BCUT2D eigenvalue weighted by atomic mass is 10.2. The van der Waals surface area contributed by atoms with Crippen molar-refractivity contribution >= 4 is 12.0 Å². The van der Waals surface area contributed by atoms with Crippen LogP contribution in [0.3, 0.4) is 0 Å². The van der Waals surface area contributed by atoms with Gasteiger partial charge in [-0.2, -0.15) is 0 Å². The number of hydrogen-bond acceptors (Lipinski definition) is 3. The molecule has 0 saturated carbocycles. The molecule has 110 valence electrons. The van der Waals surface area contributed by atoms with Crippen molar-refractivity contribution in [1.82, 2.24) is 15.2 Å². The maximum atomic E-state index is 12.0. The third kappa shape index (κ3) is 4.22. The highest BCUT2D eigenvalue weighted by Gasteiger charge is 2.16. The maximum absolute atomic E-state index is 12.0.